The average molecular weight is 430 g/mol. The highest BCUT2D eigenvalue weighted by molar-refractivity contribution is 9.10. The van der Waals surface area contributed by atoms with Crippen molar-refractivity contribution in [1.29, 1.82) is 0 Å². The van der Waals surface area contributed by atoms with E-state index in [-0.39, 0.29) is 11.2 Å². The van der Waals surface area contributed by atoms with Crippen LogP contribution >= 0.6 is 27.5 Å². The molecular weight excluding hydrogens is 425 g/mol. The molecule has 0 aliphatic rings. The lowest BCUT2D eigenvalue weighted by molar-refractivity contribution is -0.0499. The Morgan fingerprint density at radius 2 is 1.87 bits per heavy atom. The summed E-state index contributed by atoms with van der Waals surface area (Å²) in [5, 5.41) is 1.29. The van der Waals surface area contributed by atoms with Crippen molar-refractivity contribution in [1.82, 2.24) is 0 Å². The first-order chi connectivity index (χ1) is 10.6. The van der Waals surface area contributed by atoms with Gasteiger partial charge in [0.1, 0.15) is 5.58 Å². The third-order valence-corrected chi connectivity index (χ3v) is 4.84. The Labute approximate surface area is 141 Å². The van der Waals surface area contributed by atoms with Crippen molar-refractivity contribution < 1.29 is 30.2 Å². The quantitative estimate of drug-likeness (QED) is 0.413. The van der Waals surface area contributed by atoms with E-state index in [9.17, 15) is 21.6 Å². The van der Waals surface area contributed by atoms with E-state index in [2.05, 4.69) is 20.1 Å². The van der Waals surface area contributed by atoms with Crippen molar-refractivity contribution in [3.05, 3.63) is 39.8 Å². The molecule has 0 saturated heterocycles. The van der Waals surface area contributed by atoms with Gasteiger partial charge in [-0.1, -0.05) is 27.5 Å². The number of hydrogen-bond acceptors (Lipinski definition) is 4. The predicted molar refractivity (Wildman–Crippen MR) is 82.0 cm³/mol. The van der Waals surface area contributed by atoms with Gasteiger partial charge in [0, 0.05) is 26.3 Å². The first kappa shape index (κ1) is 16.4. The smallest absolute Gasteiger partial charge is 0.452 e. The van der Waals surface area contributed by atoms with Gasteiger partial charge >= 0.3 is 15.6 Å². The number of fused-ring (bicyclic) bond motifs is 3. The highest BCUT2D eigenvalue weighted by Gasteiger charge is 2.49. The Balaban J connectivity index is 2.28. The average Bonchev–Trinajstić information content (AvgIpc) is 2.79. The summed E-state index contributed by atoms with van der Waals surface area (Å²) in [5.74, 6) is -0.562. The third kappa shape index (κ3) is 2.77. The second kappa shape index (κ2) is 5.29. The molecule has 0 aliphatic heterocycles. The summed E-state index contributed by atoms with van der Waals surface area (Å²) in [5.41, 5.74) is -5.39. The minimum absolute atomic E-state index is 0.135. The first-order valence-electron chi connectivity index (χ1n) is 5.91. The van der Waals surface area contributed by atoms with E-state index in [1.165, 1.54) is 12.1 Å². The van der Waals surface area contributed by atoms with Crippen molar-refractivity contribution >= 4 is 59.6 Å². The summed E-state index contributed by atoms with van der Waals surface area (Å²) in [4.78, 5) is 0. The van der Waals surface area contributed by atoms with Crippen LogP contribution in [0.15, 0.2) is 39.2 Å². The van der Waals surface area contributed by atoms with Gasteiger partial charge in [0.25, 0.3) is 0 Å². The molecule has 0 radical (unpaired) electrons. The van der Waals surface area contributed by atoms with Gasteiger partial charge in [0.2, 0.25) is 0 Å². The summed E-state index contributed by atoms with van der Waals surface area (Å²) < 4.78 is 70.0. The van der Waals surface area contributed by atoms with Crippen LogP contribution in [0, 0.1) is 0 Å². The van der Waals surface area contributed by atoms with Crippen molar-refractivity contribution in [3.63, 3.8) is 0 Å². The molecule has 1 aromatic heterocycles. The van der Waals surface area contributed by atoms with Crippen LogP contribution in [0.4, 0.5) is 13.2 Å². The van der Waals surface area contributed by atoms with Gasteiger partial charge in [-0.25, -0.2) is 0 Å². The van der Waals surface area contributed by atoms with E-state index in [4.69, 9.17) is 16.0 Å². The topological polar surface area (TPSA) is 56.5 Å². The highest BCUT2D eigenvalue weighted by atomic mass is 79.9. The molecule has 0 atom stereocenters. The highest BCUT2D eigenvalue weighted by Crippen LogP contribution is 2.41. The molecule has 0 saturated carbocycles. The lowest BCUT2D eigenvalue weighted by Crippen LogP contribution is -2.28. The number of benzene rings is 2. The fraction of sp³-hybridized carbons (Fsp3) is 0.0769. The molecule has 0 aliphatic carbocycles. The normalized spacial score (nSPS) is 12.9. The summed E-state index contributed by atoms with van der Waals surface area (Å²) in [6, 6.07) is 7.08. The maximum Gasteiger partial charge on any atom is 0.534 e. The molecule has 1 heterocycles. The second-order valence-corrected chi connectivity index (χ2v) is 7.30. The lowest BCUT2D eigenvalue weighted by Gasteiger charge is -2.09. The van der Waals surface area contributed by atoms with Crippen LogP contribution in [0.3, 0.4) is 0 Å². The standard InChI is InChI=1S/C13H5BrClF3O4S/c14-8-3-4-9(22-23(19,20)13(16,17)18)12-11(8)7-2-1-6(15)5-10(7)21-12/h1-5H. The summed E-state index contributed by atoms with van der Waals surface area (Å²) in [6.07, 6.45) is 0. The Hall–Kier alpha value is -1.45. The summed E-state index contributed by atoms with van der Waals surface area (Å²) in [6.45, 7) is 0. The number of rotatable bonds is 2. The van der Waals surface area contributed by atoms with E-state index in [0.717, 1.165) is 6.07 Å². The molecule has 122 valence electrons. The summed E-state index contributed by atoms with van der Waals surface area (Å²) >= 11 is 9.09. The first-order valence-corrected chi connectivity index (χ1v) is 8.49. The van der Waals surface area contributed by atoms with Crippen molar-refractivity contribution in [3.8, 4) is 5.75 Å². The summed E-state index contributed by atoms with van der Waals surface area (Å²) in [7, 11) is -5.80. The van der Waals surface area contributed by atoms with Crippen LogP contribution in [0.1, 0.15) is 0 Å². The molecule has 2 aromatic carbocycles. The van der Waals surface area contributed by atoms with E-state index in [1.54, 1.807) is 12.1 Å². The maximum atomic E-state index is 12.5. The lowest BCUT2D eigenvalue weighted by atomic mass is 10.1. The molecule has 23 heavy (non-hydrogen) atoms. The molecule has 0 bridgehead atoms. The molecule has 3 rings (SSSR count). The van der Waals surface area contributed by atoms with E-state index in [0.29, 0.717) is 20.3 Å². The van der Waals surface area contributed by atoms with E-state index in [1.807, 2.05) is 0 Å². The minimum Gasteiger partial charge on any atom is -0.452 e. The van der Waals surface area contributed by atoms with E-state index < -0.39 is 21.4 Å². The fourth-order valence-electron chi connectivity index (χ4n) is 2.02. The molecule has 0 fully saturated rings. The molecule has 0 unspecified atom stereocenters. The molecular formula is C13H5BrClF3O4S. The number of alkyl halides is 3. The zero-order chi connectivity index (χ0) is 17.0. The van der Waals surface area contributed by atoms with Gasteiger partial charge in [-0.3, -0.25) is 0 Å². The Kier molecular flexibility index (Phi) is 3.77. The fourth-order valence-corrected chi connectivity index (χ4v) is 3.17. The van der Waals surface area contributed by atoms with Gasteiger partial charge in [0.05, 0.1) is 0 Å². The Morgan fingerprint density at radius 3 is 2.52 bits per heavy atom. The van der Waals surface area contributed by atoms with Crippen LogP contribution in [0.5, 0.6) is 5.75 Å². The minimum atomic E-state index is -5.80. The van der Waals surface area contributed by atoms with Crippen molar-refractivity contribution in [2.75, 3.05) is 0 Å². The van der Waals surface area contributed by atoms with Gasteiger partial charge in [0.15, 0.2) is 11.3 Å². The monoisotopic (exact) mass is 428 g/mol. The largest absolute Gasteiger partial charge is 0.534 e. The van der Waals surface area contributed by atoms with Crippen LogP contribution < -0.4 is 4.18 Å². The van der Waals surface area contributed by atoms with E-state index >= 15 is 0 Å². The van der Waals surface area contributed by atoms with Gasteiger partial charge in [-0.2, -0.15) is 21.6 Å². The Bertz CT molecular complexity index is 1030. The third-order valence-electron chi connectivity index (χ3n) is 2.98. The maximum absolute atomic E-state index is 12.5. The number of halogens is 5. The van der Waals surface area contributed by atoms with Gasteiger partial charge < -0.3 is 8.60 Å². The van der Waals surface area contributed by atoms with Crippen molar-refractivity contribution in [2.45, 2.75) is 5.51 Å². The Morgan fingerprint density at radius 1 is 1.17 bits per heavy atom. The number of furan rings is 1. The van der Waals surface area contributed by atoms with Crippen molar-refractivity contribution in [2.24, 2.45) is 0 Å². The van der Waals surface area contributed by atoms with Gasteiger partial charge in [-0.15, -0.1) is 0 Å². The number of hydrogen-bond donors (Lipinski definition) is 0. The second-order valence-electron chi connectivity index (χ2n) is 4.48. The predicted octanol–water partition coefficient (Wildman–Crippen LogP) is 5.23. The van der Waals surface area contributed by atoms with Crippen LogP contribution in [0.2, 0.25) is 5.02 Å². The molecule has 4 nitrogen and oxygen atoms in total. The molecule has 10 heteroatoms. The molecule has 0 amide bonds. The zero-order valence-electron chi connectivity index (χ0n) is 10.8. The van der Waals surface area contributed by atoms with Crippen LogP contribution in [-0.4, -0.2) is 13.9 Å². The van der Waals surface area contributed by atoms with Crippen LogP contribution in [0.25, 0.3) is 21.9 Å². The van der Waals surface area contributed by atoms with Crippen LogP contribution in [-0.2, 0) is 10.1 Å². The molecule has 0 N–H and O–H groups in total. The molecule has 3 aromatic rings. The molecule has 0 spiro atoms. The zero-order valence-corrected chi connectivity index (χ0v) is 14.0. The SMILES string of the molecule is O=S(=O)(Oc1ccc(Br)c2c1oc1cc(Cl)ccc12)C(F)(F)F. The van der Waals surface area contributed by atoms with Gasteiger partial charge in [-0.05, 0) is 24.3 Å².